The maximum Gasteiger partial charge on any atom is 0.404 e. The molecule has 1 aromatic rings. The summed E-state index contributed by atoms with van der Waals surface area (Å²) in [5.74, 6) is -2.36. The van der Waals surface area contributed by atoms with Crippen molar-refractivity contribution in [3.63, 3.8) is 0 Å². The van der Waals surface area contributed by atoms with E-state index >= 15 is 0 Å². The van der Waals surface area contributed by atoms with Crippen LogP contribution in [0.25, 0.3) is 0 Å². The van der Waals surface area contributed by atoms with Crippen LogP contribution in [0.2, 0.25) is 0 Å². The minimum Gasteiger partial charge on any atom is -0.481 e. The van der Waals surface area contributed by atoms with E-state index in [2.05, 4.69) is 5.32 Å². The lowest BCUT2D eigenvalue weighted by atomic mass is 10.0. The molecule has 0 saturated heterocycles. The number of hydrogen-bond donors (Lipinski definition) is 5. The van der Waals surface area contributed by atoms with E-state index in [1.54, 1.807) is 0 Å². The maximum atomic E-state index is 13.0. The second-order valence-electron chi connectivity index (χ2n) is 4.36. The van der Waals surface area contributed by atoms with Crippen LogP contribution in [0.5, 0.6) is 0 Å². The van der Waals surface area contributed by atoms with Crippen LogP contribution >= 0.6 is 0 Å². The van der Waals surface area contributed by atoms with Gasteiger partial charge in [0.2, 0.25) is 0 Å². The van der Waals surface area contributed by atoms with Crippen molar-refractivity contribution in [2.75, 3.05) is 6.54 Å². The lowest BCUT2D eigenvalue weighted by Crippen LogP contribution is -2.47. The smallest absolute Gasteiger partial charge is 0.404 e. The van der Waals surface area contributed by atoms with Crippen molar-refractivity contribution in [2.24, 2.45) is 5.73 Å². The Morgan fingerprint density at radius 3 is 2.05 bits per heavy atom. The summed E-state index contributed by atoms with van der Waals surface area (Å²) in [5, 5.41) is 27.6. The number of amides is 1. The average molecular weight is 320 g/mol. The molecule has 7 nitrogen and oxygen atoms in total. The van der Waals surface area contributed by atoms with Gasteiger partial charge in [-0.1, -0.05) is 0 Å². The number of carboxylic acid groups (broad SMARTS) is 2. The average Bonchev–Trinajstić information content (AvgIpc) is 2.34. The zero-order valence-corrected chi connectivity index (χ0v) is 11.8. The Hall–Kier alpha value is -2.26. The third-order valence-corrected chi connectivity index (χ3v) is 2.39. The molecule has 1 aromatic carbocycles. The van der Waals surface area contributed by atoms with Crippen molar-refractivity contribution in [1.82, 2.24) is 5.32 Å². The number of rotatable bonds is 5. The van der Waals surface area contributed by atoms with Crippen molar-refractivity contribution < 1.29 is 33.7 Å². The predicted octanol–water partition coefficient (Wildman–Crippen LogP) is 0.554. The SMILES string of the molecule is CC(=O)O.NC[C@@H](O)[C@H](Cc1cc(F)cc(F)c1)NC(=O)O. The standard InChI is InChI=1S/C11H14F2N2O3.C2H4O2/c12-7-1-6(2-8(13)4-7)3-9(10(16)5-14)15-11(17)18;1-2(3)4/h1-2,4,9-10,15-16H,3,5,14H2,(H,17,18);1H3,(H,3,4)/t9-,10+;/m0./s1. The minimum atomic E-state index is -1.34. The second-order valence-corrected chi connectivity index (χ2v) is 4.36. The van der Waals surface area contributed by atoms with Crippen LogP contribution in [-0.2, 0) is 11.2 Å². The van der Waals surface area contributed by atoms with Crippen molar-refractivity contribution in [3.8, 4) is 0 Å². The van der Waals surface area contributed by atoms with Gasteiger partial charge in [0.15, 0.2) is 0 Å². The summed E-state index contributed by atoms with van der Waals surface area (Å²) in [4.78, 5) is 19.5. The molecule has 0 aromatic heterocycles. The summed E-state index contributed by atoms with van der Waals surface area (Å²) in [6.45, 7) is 0.919. The molecule has 0 spiro atoms. The fraction of sp³-hybridized carbons (Fsp3) is 0.385. The van der Waals surface area contributed by atoms with Crippen molar-refractivity contribution in [1.29, 1.82) is 0 Å². The van der Waals surface area contributed by atoms with Crippen LogP contribution in [0.4, 0.5) is 13.6 Å². The zero-order valence-electron chi connectivity index (χ0n) is 11.8. The van der Waals surface area contributed by atoms with Gasteiger partial charge in [-0.15, -0.1) is 0 Å². The predicted molar refractivity (Wildman–Crippen MR) is 73.4 cm³/mol. The van der Waals surface area contributed by atoms with E-state index < -0.39 is 35.8 Å². The molecule has 0 saturated carbocycles. The molecule has 124 valence electrons. The fourth-order valence-electron chi connectivity index (χ4n) is 1.59. The van der Waals surface area contributed by atoms with Gasteiger partial charge in [0.1, 0.15) is 11.6 Å². The molecule has 0 aliphatic heterocycles. The highest BCUT2D eigenvalue weighted by Crippen LogP contribution is 2.11. The molecule has 1 amide bonds. The summed E-state index contributed by atoms with van der Waals surface area (Å²) in [6, 6.07) is 1.93. The van der Waals surface area contributed by atoms with Gasteiger partial charge in [-0.3, -0.25) is 4.79 Å². The number of aliphatic hydroxyl groups excluding tert-OH is 1. The molecule has 0 aliphatic carbocycles. The molecular weight excluding hydrogens is 302 g/mol. The van der Waals surface area contributed by atoms with Crippen LogP contribution < -0.4 is 11.1 Å². The second kappa shape index (κ2) is 9.64. The zero-order chi connectivity index (χ0) is 17.3. The highest BCUT2D eigenvalue weighted by molar-refractivity contribution is 5.65. The van der Waals surface area contributed by atoms with Crippen LogP contribution in [0, 0.1) is 11.6 Å². The Balaban J connectivity index is 0.000000980. The van der Waals surface area contributed by atoms with E-state index in [0.717, 1.165) is 19.1 Å². The Labute approximate surface area is 125 Å². The van der Waals surface area contributed by atoms with E-state index in [0.29, 0.717) is 6.07 Å². The van der Waals surface area contributed by atoms with E-state index in [1.165, 1.54) is 0 Å². The van der Waals surface area contributed by atoms with Crippen molar-refractivity contribution in [2.45, 2.75) is 25.5 Å². The first kappa shape index (κ1) is 19.7. The number of nitrogens with two attached hydrogens (primary N) is 1. The van der Waals surface area contributed by atoms with Gasteiger partial charge in [-0.2, -0.15) is 0 Å². The molecule has 0 unspecified atom stereocenters. The molecule has 22 heavy (non-hydrogen) atoms. The summed E-state index contributed by atoms with van der Waals surface area (Å²) in [6.07, 6.45) is -2.53. The van der Waals surface area contributed by atoms with Crippen LogP contribution in [0.3, 0.4) is 0 Å². The molecular formula is C13H18F2N2O5. The Bertz CT molecular complexity index is 489. The lowest BCUT2D eigenvalue weighted by Gasteiger charge is -2.21. The van der Waals surface area contributed by atoms with E-state index in [1.807, 2.05) is 0 Å². The number of aliphatic hydroxyl groups is 1. The number of halogens is 2. The number of nitrogens with one attached hydrogen (secondary N) is 1. The lowest BCUT2D eigenvalue weighted by molar-refractivity contribution is -0.134. The van der Waals surface area contributed by atoms with Gasteiger partial charge < -0.3 is 26.4 Å². The molecule has 6 N–H and O–H groups in total. The Morgan fingerprint density at radius 2 is 1.68 bits per heavy atom. The Kier molecular flexibility index (Phi) is 8.65. The fourth-order valence-corrected chi connectivity index (χ4v) is 1.59. The highest BCUT2D eigenvalue weighted by atomic mass is 19.1. The minimum absolute atomic E-state index is 0.0562. The van der Waals surface area contributed by atoms with Gasteiger partial charge in [0.05, 0.1) is 12.1 Å². The normalized spacial score (nSPS) is 12.6. The molecule has 0 heterocycles. The molecule has 0 radical (unpaired) electrons. The number of carbonyl (C=O) groups is 2. The summed E-state index contributed by atoms with van der Waals surface area (Å²) in [7, 11) is 0. The van der Waals surface area contributed by atoms with Gasteiger partial charge in [-0.05, 0) is 24.1 Å². The number of aliphatic carboxylic acids is 1. The third-order valence-electron chi connectivity index (χ3n) is 2.39. The monoisotopic (exact) mass is 320 g/mol. The first-order valence-corrected chi connectivity index (χ1v) is 6.17. The van der Waals surface area contributed by atoms with Crippen molar-refractivity contribution >= 4 is 12.1 Å². The number of carboxylic acids is 1. The van der Waals surface area contributed by atoms with E-state index in [4.69, 9.17) is 20.7 Å². The third kappa shape index (κ3) is 8.82. The maximum absolute atomic E-state index is 13.0. The first-order valence-electron chi connectivity index (χ1n) is 6.17. The topological polar surface area (TPSA) is 133 Å². The first-order chi connectivity index (χ1) is 10.1. The molecule has 2 atom stereocenters. The van der Waals surface area contributed by atoms with Gasteiger partial charge in [-0.25, -0.2) is 13.6 Å². The quantitative estimate of drug-likeness (QED) is 0.538. The molecule has 1 rings (SSSR count). The summed E-state index contributed by atoms with van der Waals surface area (Å²) in [5.41, 5.74) is 5.47. The van der Waals surface area contributed by atoms with E-state index in [-0.39, 0.29) is 18.5 Å². The summed E-state index contributed by atoms with van der Waals surface area (Å²) >= 11 is 0. The van der Waals surface area contributed by atoms with Crippen LogP contribution in [0.15, 0.2) is 18.2 Å². The van der Waals surface area contributed by atoms with Crippen LogP contribution in [-0.4, -0.2) is 46.1 Å². The largest absolute Gasteiger partial charge is 0.481 e. The Morgan fingerprint density at radius 1 is 1.23 bits per heavy atom. The number of hydrogen-bond acceptors (Lipinski definition) is 4. The number of benzene rings is 1. The highest BCUT2D eigenvalue weighted by Gasteiger charge is 2.20. The van der Waals surface area contributed by atoms with Gasteiger partial charge in [0.25, 0.3) is 5.97 Å². The summed E-state index contributed by atoms with van der Waals surface area (Å²) < 4.78 is 25.9. The van der Waals surface area contributed by atoms with Crippen LogP contribution in [0.1, 0.15) is 12.5 Å². The molecule has 0 aliphatic rings. The molecule has 0 fully saturated rings. The van der Waals surface area contributed by atoms with Crippen molar-refractivity contribution in [3.05, 3.63) is 35.4 Å². The van der Waals surface area contributed by atoms with Gasteiger partial charge in [0, 0.05) is 19.5 Å². The molecule has 9 heteroatoms. The van der Waals surface area contributed by atoms with Gasteiger partial charge >= 0.3 is 6.09 Å². The molecule has 0 bridgehead atoms. The van der Waals surface area contributed by atoms with E-state index in [9.17, 15) is 18.7 Å².